The van der Waals surface area contributed by atoms with Gasteiger partial charge in [-0.25, -0.2) is 17.6 Å². The van der Waals surface area contributed by atoms with E-state index in [1.54, 1.807) is 0 Å². The predicted molar refractivity (Wildman–Crippen MR) is 81.6 cm³/mol. The second-order valence-corrected chi connectivity index (χ2v) is 7.73. The zero-order valence-corrected chi connectivity index (χ0v) is 14.5. The molecular weight excluding hydrogens is 387 g/mol. The van der Waals surface area contributed by atoms with Crippen LogP contribution < -0.4 is 0 Å². The van der Waals surface area contributed by atoms with Crippen LogP contribution in [0.4, 0.5) is 4.39 Å². The Labute approximate surface area is 136 Å². The van der Waals surface area contributed by atoms with Crippen molar-refractivity contribution < 1.29 is 22.3 Å². The standard InChI is InChI=1S/C13H15BrClFO4S/c1-2-3-4-5-6-20-13(17)10-7-9(16)8-11(12(10)14)21(15,18)19/h7-8H,2-6H2,1H3. The van der Waals surface area contributed by atoms with Crippen LogP contribution in [-0.4, -0.2) is 21.0 Å². The first-order chi connectivity index (χ1) is 9.77. The van der Waals surface area contributed by atoms with Crippen LogP contribution in [-0.2, 0) is 13.8 Å². The number of unbranched alkanes of at least 4 members (excludes halogenated alkanes) is 3. The van der Waals surface area contributed by atoms with Gasteiger partial charge in [0.2, 0.25) is 0 Å². The minimum atomic E-state index is -4.17. The van der Waals surface area contributed by atoms with Crippen LogP contribution in [0.3, 0.4) is 0 Å². The lowest BCUT2D eigenvalue weighted by Gasteiger charge is -2.09. The lowest BCUT2D eigenvalue weighted by molar-refractivity contribution is 0.0495. The van der Waals surface area contributed by atoms with Gasteiger partial charge in [0.25, 0.3) is 9.05 Å². The summed E-state index contributed by atoms with van der Waals surface area (Å²) in [5.74, 6) is -1.67. The van der Waals surface area contributed by atoms with Crippen molar-refractivity contribution in [2.75, 3.05) is 6.61 Å². The Kier molecular flexibility index (Phi) is 7.09. The molecule has 1 rings (SSSR count). The molecule has 0 aromatic heterocycles. The topological polar surface area (TPSA) is 60.4 Å². The fourth-order valence-corrected chi connectivity index (χ4v) is 3.91. The number of esters is 1. The summed E-state index contributed by atoms with van der Waals surface area (Å²) in [5, 5.41) is 0. The quantitative estimate of drug-likeness (QED) is 0.389. The van der Waals surface area contributed by atoms with Crippen LogP contribution in [0.5, 0.6) is 0 Å². The number of hydrogen-bond donors (Lipinski definition) is 0. The maximum absolute atomic E-state index is 13.4. The van der Waals surface area contributed by atoms with E-state index < -0.39 is 25.7 Å². The normalized spacial score (nSPS) is 11.4. The summed E-state index contributed by atoms with van der Waals surface area (Å²) in [6.45, 7) is 2.26. The summed E-state index contributed by atoms with van der Waals surface area (Å²) in [7, 11) is 1.03. The fraction of sp³-hybridized carbons (Fsp3) is 0.462. The molecule has 21 heavy (non-hydrogen) atoms. The molecule has 0 amide bonds. The third kappa shape index (κ3) is 5.56. The van der Waals surface area contributed by atoms with Crippen LogP contribution in [0, 0.1) is 5.82 Å². The largest absolute Gasteiger partial charge is 0.462 e. The summed E-state index contributed by atoms with van der Waals surface area (Å²) in [5.41, 5.74) is -0.204. The minimum absolute atomic E-state index is 0.0996. The van der Waals surface area contributed by atoms with Crippen molar-refractivity contribution in [2.45, 2.75) is 37.5 Å². The number of halogens is 3. The van der Waals surface area contributed by atoms with Gasteiger partial charge >= 0.3 is 5.97 Å². The fourth-order valence-electron chi connectivity index (χ4n) is 1.66. The van der Waals surface area contributed by atoms with E-state index in [9.17, 15) is 17.6 Å². The van der Waals surface area contributed by atoms with E-state index in [4.69, 9.17) is 15.4 Å². The second-order valence-electron chi connectivity index (χ2n) is 4.40. The molecule has 0 saturated carbocycles. The predicted octanol–water partition coefficient (Wildman–Crippen LogP) is 4.25. The van der Waals surface area contributed by atoms with Crippen molar-refractivity contribution in [3.05, 3.63) is 28.0 Å². The molecule has 0 N–H and O–H groups in total. The first-order valence-corrected chi connectivity index (χ1v) is 9.48. The van der Waals surface area contributed by atoms with Gasteiger partial charge in [-0.2, -0.15) is 0 Å². The SMILES string of the molecule is CCCCCCOC(=O)c1cc(F)cc(S(=O)(=O)Cl)c1Br. The molecule has 0 aliphatic carbocycles. The molecular formula is C13H15BrClFO4S. The smallest absolute Gasteiger partial charge is 0.339 e. The van der Waals surface area contributed by atoms with E-state index in [0.717, 1.165) is 31.4 Å². The third-order valence-corrected chi connectivity index (χ3v) is 5.18. The molecule has 0 fully saturated rings. The average Bonchev–Trinajstić information content (AvgIpc) is 2.39. The first-order valence-electron chi connectivity index (χ1n) is 6.38. The summed E-state index contributed by atoms with van der Waals surface area (Å²) < 4.78 is 41.0. The molecule has 1 aromatic carbocycles. The summed E-state index contributed by atoms with van der Waals surface area (Å²) in [6, 6.07) is 1.65. The van der Waals surface area contributed by atoms with Gasteiger partial charge in [0.15, 0.2) is 0 Å². The summed E-state index contributed by atoms with van der Waals surface area (Å²) in [4.78, 5) is 11.4. The molecule has 0 radical (unpaired) electrons. The molecule has 0 spiro atoms. The molecule has 118 valence electrons. The third-order valence-electron chi connectivity index (χ3n) is 2.72. The van der Waals surface area contributed by atoms with Crippen LogP contribution in [0.2, 0.25) is 0 Å². The van der Waals surface area contributed by atoms with E-state index in [1.165, 1.54) is 0 Å². The van der Waals surface area contributed by atoms with Gasteiger partial charge in [-0.15, -0.1) is 0 Å². The Balaban J connectivity index is 2.88. The lowest BCUT2D eigenvalue weighted by atomic mass is 10.2. The van der Waals surface area contributed by atoms with Crippen LogP contribution in [0.1, 0.15) is 43.0 Å². The van der Waals surface area contributed by atoms with E-state index in [-0.39, 0.29) is 16.6 Å². The molecule has 0 aliphatic rings. The van der Waals surface area contributed by atoms with Gasteiger partial charge in [-0.3, -0.25) is 0 Å². The molecule has 8 heteroatoms. The first kappa shape index (κ1) is 18.4. The Morgan fingerprint density at radius 2 is 2.00 bits per heavy atom. The number of hydrogen-bond acceptors (Lipinski definition) is 4. The second kappa shape index (κ2) is 8.10. The minimum Gasteiger partial charge on any atom is -0.462 e. The van der Waals surface area contributed by atoms with Gasteiger partial charge in [0.05, 0.1) is 16.6 Å². The molecule has 1 aromatic rings. The van der Waals surface area contributed by atoms with Gasteiger partial charge in [0.1, 0.15) is 10.7 Å². The van der Waals surface area contributed by atoms with Crippen LogP contribution in [0.25, 0.3) is 0 Å². The monoisotopic (exact) mass is 400 g/mol. The molecule has 0 aliphatic heterocycles. The number of ether oxygens (including phenoxy) is 1. The number of benzene rings is 1. The van der Waals surface area contributed by atoms with E-state index in [1.807, 2.05) is 0 Å². The van der Waals surface area contributed by atoms with Crippen molar-refractivity contribution >= 4 is 41.6 Å². The molecule has 0 atom stereocenters. The van der Waals surface area contributed by atoms with Crippen molar-refractivity contribution in [1.29, 1.82) is 0 Å². The average molecular weight is 402 g/mol. The Hall–Kier alpha value is -0.660. The van der Waals surface area contributed by atoms with Crippen molar-refractivity contribution in [1.82, 2.24) is 0 Å². The Morgan fingerprint density at radius 3 is 2.57 bits per heavy atom. The lowest BCUT2D eigenvalue weighted by Crippen LogP contribution is -2.09. The molecule has 0 heterocycles. The van der Waals surface area contributed by atoms with Crippen LogP contribution in [0.15, 0.2) is 21.5 Å². The van der Waals surface area contributed by atoms with E-state index in [0.29, 0.717) is 6.42 Å². The van der Waals surface area contributed by atoms with E-state index in [2.05, 4.69) is 22.9 Å². The Bertz CT molecular complexity index is 619. The number of carbonyl (C=O) groups excluding carboxylic acids is 1. The van der Waals surface area contributed by atoms with Crippen LogP contribution >= 0.6 is 26.6 Å². The highest BCUT2D eigenvalue weighted by Gasteiger charge is 2.23. The number of rotatable bonds is 7. The highest BCUT2D eigenvalue weighted by molar-refractivity contribution is 9.10. The molecule has 4 nitrogen and oxygen atoms in total. The molecule has 0 bridgehead atoms. The highest BCUT2D eigenvalue weighted by Crippen LogP contribution is 2.30. The Morgan fingerprint density at radius 1 is 1.33 bits per heavy atom. The summed E-state index contributed by atoms with van der Waals surface area (Å²) >= 11 is 2.95. The van der Waals surface area contributed by atoms with E-state index >= 15 is 0 Å². The van der Waals surface area contributed by atoms with Gasteiger partial charge < -0.3 is 4.74 Å². The van der Waals surface area contributed by atoms with Gasteiger partial charge in [-0.05, 0) is 34.5 Å². The molecule has 0 unspecified atom stereocenters. The summed E-state index contributed by atoms with van der Waals surface area (Å²) in [6.07, 6.45) is 3.72. The maximum atomic E-state index is 13.4. The zero-order chi connectivity index (χ0) is 16.0. The van der Waals surface area contributed by atoms with Crippen molar-refractivity contribution in [2.24, 2.45) is 0 Å². The zero-order valence-electron chi connectivity index (χ0n) is 11.4. The van der Waals surface area contributed by atoms with Gasteiger partial charge in [0, 0.05) is 10.7 Å². The van der Waals surface area contributed by atoms with Crippen molar-refractivity contribution in [3.8, 4) is 0 Å². The maximum Gasteiger partial charge on any atom is 0.339 e. The highest BCUT2D eigenvalue weighted by atomic mass is 79.9. The number of carbonyl (C=O) groups is 1. The molecule has 0 saturated heterocycles. The van der Waals surface area contributed by atoms with Gasteiger partial charge in [-0.1, -0.05) is 26.2 Å². The van der Waals surface area contributed by atoms with Crippen molar-refractivity contribution in [3.63, 3.8) is 0 Å².